The van der Waals surface area contributed by atoms with Gasteiger partial charge in [-0.25, -0.2) is 8.42 Å². The molecule has 1 aromatic carbocycles. The number of nitrogens with zero attached hydrogens (tertiary/aromatic N) is 2. The van der Waals surface area contributed by atoms with Crippen LogP contribution in [0.3, 0.4) is 0 Å². The molecule has 5 nitrogen and oxygen atoms in total. The average Bonchev–Trinajstić information content (AvgIpc) is 2.47. The van der Waals surface area contributed by atoms with Gasteiger partial charge in [-0.3, -0.25) is 4.90 Å². The molecule has 1 aliphatic heterocycles. The Balaban J connectivity index is 2.18. The van der Waals surface area contributed by atoms with Gasteiger partial charge in [0.2, 0.25) is 10.0 Å². The fraction of sp³-hybridized carbons (Fsp3) is 0.600. The SMILES string of the molecule is CC(N)c1cccc(S(=O)(=O)N2CCN(C(C)C)CC2)c1. The smallest absolute Gasteiger partial charge is 0.243 e. The van der Waals surface area contributed by atoms with Crippen LogP contribution in [0, 0.1) is 0 Å². The van der Waals surface area contributed by atoms with Crippen molar-refractivity contribution in [2.45, 2.75) is 37.8 Å². The van der Waals surface area contributed by atoms with Gasteiger partial charge in [0.15, 0.2) is 0 Å². The molecule has 2 N–H and O–H groups in total. The highest BCUT2D eigenvalue weighted by atomic mass is 32.2. The molecule has 0 bridgehead atoms. The van der Waals surface area contributed by atoms with Gasteiger partial charge >= 0.3 is 0 Å². The number of hydrogen-bond acceptors (Lipinski definition) is 4. The van der Waals surface area contributed by atoms with E-state index in [0.717, 1.165) is 18.7 Å². The van der Waals surface area contributed by atoms with Crippen molar-refractivity contribution in [2.75, 3.05) is 26.2 Å². The fourth-order valence-electron chi connectivity index (χ4n) is 2.57. The second-order valence-corrected chi connectivity index (χ2v) is 7.83. The molecule has 1 atom stereocenters. The van der Waals surface area contributed by atoms with Gasteiger partial charge in [0.25, 0.3) is 0 Å². The van der Waals surface area contributed by atoms with Gasteiger partial charge in [0.1, 0.15) is 0 Å². The summed E-state index contributed by atoms with van der Waals surface area (Å²) in [5.41, 5.74) is 6.69. The fourth-order valence-corrected chi connectivity index (χ4v) is 4.05. The molecule has 2 rings (SSSR count). The van der Waals surface area contributed by atoms with Crippen molar-refractivity contribution in [3.05, 3.63) is 29.8 Å². The lowest BCUT2D eigenvalue weighted by Crippen LogP contribution is -2.50. The van der Waals surface area contributed by atoms with Crippen molar-refractivity contribution < 1.29 is 8.42 Å². The van der Waals surface area contributed by atoms with Crippen LogP contribution in [0.2, 0.25) is 0 Å². The van der Waals surface area contributed by atoms with E-state index in [2.05, 4.69) is 18.7 Å². The van der Waals surface area contributed by atoms with E-state index in [0.29, 0.717) is 24.0 Å². The summed E-state index contributed by atoms with van der Waals surface area (Å²) < 4.78 is 27.0. The minimum absolute atomic E-state index is 0.169. The summed E-state index contributed by atoms with van der Waals surface area (Å²) in [5.74, 6) is 0. The van der Waals surface area contributed by atoms with E-state index in [9.17, 15) is 8.42 Å². The zero-order valence-electron chi connectivity index (χ0n) is 13.0. The Morgan fingerprint density at radius 1 is 1.10 bits per heavy atom. The maximum absolute atomic E-state index is 12.7. The van der Waals surface area contributed by atoms with E-state index < -0.39 is 10.0 Å². The third kappa shape index (κ3) is 3.63. The van der Waals surface area contributed by atoms with Crippen molar-refractivity contribution in [3.63, 3.8) is 0 Å². The molecule has 1 fully saturated rings. The van der Waals surface area contributed by atoms with Crippen molar-refractivity contribution in [3.8, 4) is 0 Å². The minimum atomic E-state index is -3.42. The number of hydrogen-bond donors (Lipinski definition) is 1. The molecular formula is C15H25N3O2S. The predicted molar refractivity (Wildman–Crippen MR) is 84.5 cm³/mol. The van der Waals surface area contributed by atoms with Gasteiger partial charge in [0.05, 0.1) is 4.90 Å². The summed E-state index contributed by atoms with van der Waals surface area (Å²) in [5, 5.41) is 0. The van der Waals surface area contributed by atoms with Gasteiger partial charge in [-0.1, -0.05) is 12.1 Å². The van der Waals surface area contributed by atoms with Crippen LogP contribution in [0.5, 0.6) is 0 Å². The first-order chi connectivity index (χ1) is 9.82. The lowest BCUT2D eigenvalue weighted by atomic mass is 10.1. The molecule has 0 saturated carbocycles. The normalized spacial score (nSPS) is 19.9. The molecular weight excluding hydrogens is 286 g/mol. The summed E-state index contributed by atoms with van der Waals surface area (Å²) in [7, 11) is -3.42. The van der Waals surface area contributed by atoms with Crippen LogP contribution >= 0.6 is 0 Å². The monoisotopic (exact) mass is 311 g/mol. The largest absolute Gasteiger partial charge is 0.324 e. The van der Waals surface area contributed by atoms with E-state index in [1.165, 1.54) is 0 Å². The van der Waals surface area contributed by atoms with Crippen LogP contribution < -0.4 is 5.73 Å². The van der Waals surface area contributed by atoms with E-state index in [1.54, 1.807) is 22.5 Å². The van der Waals surface area contributed by atoms with Gasteiger partial charge in [-0.05, 0) is 38.5 Å². The zero-order valence-corrected chi connectivity index (χ0v) is 13.8. The van der Waals surface area contributed by atoms with Crippen LogP contribution in [0.25, 0.3) is 0 Å². The average molecular weight is 311 g/mol. The first-order valence-electron chi connectivity index (χ1n) is 7.42. The van der Waals surface area contributed by atoms with E-state index in [4.69, 9.17) is 5.73 Å². The van der Waals surface area contributed by atoms with Crippen molar-refractivity contribution >= 4 is 10.0 Å². The Morgan fingerprint density at radius 3 is 2.24 bits per heavy atom. The molecule has 0 aromatic heterocycles. The van der Waals surface area contributed by atoms with Gasteiger partial charge in [0, 0.05) is 38.3 Å². The summed E-state index contributed by atoms with van der Waals surface area (Å²) in [4.78, 5) is 2.64. The molecule has 0 aliphatic carbocycles. The van der Waals surface area contributed by atoms with Crippen LogP contribution in [-0.2, 0) is 10.0 Å². The topological polar surface area (TPSA) is 66.6 Å². The third-order valence-corrected chi connectivity index (χ3v) is 5.92. The first-order valence-corrected chi connectivity index (χ1v) is 8.86. The second-order valence-electron chi connectivity index (χ2n) is 5.89. The number of piperazine rings is 1. The molecule has 118 valence electrons. The van der Waals surface area contributed by atoms with Crippen LogP contribution in [0.4, 0.5) is 0 Å². The summed E-state index contributed by atoms with van der Waals surface area (Å²) in [6.07, 6.45) is 0. The summed E-state index contributed by atoms with van der Waals surface area (Å²) in [6, 6.07) is 7.25. The van der Waals surface area contributed by atoms with Crippen molar-refractivity contribution in [1.82, 2.24) is 9.21 Å². The maximum atomic E-state index is 12.7. The highest BCUT2D eigenvalue weighted by molar-refractivity contribution is 7.89. The highest BCUT2D eigenvalue weighted by Gasteiger charge is 2.29. The number of rotatable bonds is 4. The minimum Gasteiger partial charge on any atom is -0.324 e. The van der Waals surface area contributed by atoms with Gasteiger partial charge in [-0.15, -0.1) is 0 Å². The zero-order chi connectivity index (χ0) is 15.6. The van der Waals surface area contributed by atoms with Gasteiger partial charge < -0.3 is 5.73 Å². The first kappa shape index (κ1) is 16.4. The molecule has 21 heavy (non-hydrogen) atoms. The molecule has 0 spiro atoms. The lowest BCUT2D eigenvalue weighted by molar-refractivity contribution is 0.154. The Kier molecular flexibility index (Phi) is 5.03. The summed E-state index contributed by atoms with van der Waals surface area (Å²) in [6.45, 7) is 8.78. The quantitative estimate of drug-likeness (QED) is 0.913. The second kappa shape index (κ2) is 6.44. The third-order valence-electron chi connectivity index (χ3n) is 4.03. The molecule has 1 aliphatic rings. The molecule has 1 unspecified atom stereocenters. The van der Waals surface area contributed by atoms with Crippen molar-refractivity contribution in [2.24, 2.45) is 5.73 Å². The van der Waals surface area contributed by atoms with Crippen LogP contribution in [0.15, 0.2) is 29.2 Å². The lowest BCUT2D eigenvalue weighted by Gasteiger charge is -2.36. The van der Waals surface area contributed by atoms with E-state index >= 15 is 0 Å². The molecule has 1 aromatic rings. The Bertz CT molecular complexity index is 576. The van der Waals surface area contributed by atoms with E-state index in [-0.39, 0.29) is 6.04 Å². The molecule has 1 saturated heterocycles. The number of benzene rings is 1. The van der Waals surface area contributed by atoms with Crippen molar-refractivity contribution in [1.29, 1.82) is 0 Å². The number of nitrogens with two attached hydrogens (primary N) is 1. The Labute approximate surface area is 127 Å². The maximum Gasteiger partial charge on any atom is 0.243 e. The summed E-state index contributed by atoms with van der Waals surface area (Å²) >= 11 is 0. The predicted octanol–water partition coefficient (Wildman–Crippen LogP) is 1.42. The molecule has 6 heteroatoms. The molecule has 1 heterocycles. The highest BCUT2D eigenvalue weighted by Crippen LogP contribution is 2.21. The Morgan fingerprint density at radius 2 is 1.71 bits per heavy atom. The standard InChI is InChI=1S/C15H25N3O2S/c1-12(2)17-7-9-18(10-8-17)21(19,20)15-6-4-5-14(11-15)13(3)16/h4-6,11-13H,7-10,16H2,1-3H3. The van der Waals surface area contributed by atoms with Gasteiger partial charge in [-0.2, -0.15) is 4.31 Å². The van der Waals surface area contributed by atoms with Crippen LogP contribution in [-0.4, -0.2) is 49.8 Å². The Hall–Kier alpha value is -0.950. The van der Waals surface area contributed by atoms with Crippen LogP contribution in [0.1, 0.15) is 32.4 Å². The molecule has 0 amide bonds. The molecule has 0 radical (unpaired) electrons. The van der Waals surface area contributed by atoms with E-state index in [1.807, 2.05) is 13.0 Å². The number of sulfonamides is 1.